The summed E-state index contributed by atoms with van der Waals surface area (Å²) in [5, 5.41) is 7.86. The molecule has 1 N–H and O–H groups in total. The fourth-order valence-corrected chi connectivity index (χ4v) is 0.213. The van der Waals surface area contributed by atoms with Gasteiger partial charge in [0.25, 0.3) is 0 Å². The molecule has 9 heavy (non-hydrogen) atoms. The quantitative estimate of drug-likeness (QED) is 0.460. The van der Waals surface area contributed by atoms with Gasteiger partial charge in [-0.3, -0.25) is 9.59 Å². The molecule has 0 saturated heterocycles. The Hall–Kier alpha value is -0.346. The van der Waals surface area contributed by atoms with Crippen molar-refractivity contribution < 1.29 is 38.4 Å². The van der Waals surface area contributed by atoms with Crippen molar-refractivity contribution in [2.75, 3.05) is 0 Å². The van der Waals surface area contributed by atoms with Crippen LogP contribution in [0, 0.1) is 0 Å². The van der Waals surface area contributed by atoms with E-state index >= 15 is 0 Å². The van der Waals surface area contributed by atoms with E-state index in [9.17, 15) is 9.59 Å². The predicted octanol–water partition coefficient (Wildman–Crippen LogP) is -0.0712. The van der Waals surface area contributed by atoms with Gasteiger partial charge in [0.05, 0.1) is 0 Å². The molecule has 0 unspecified atom stereocenters. The average molecular weight is 166 g/mol. The number of hydrogen-bond acceptors (Lipinski definition) is 3. The van der Waals surface area contributed by atoms with Crippen molar-refractivity contribution in [3.8, 4) is 0 Å². The fourth-order valence-electron chi connectivity index (χ4n) is 0.213. The van der Waals surface area contributed by atoms with Crippen LogP contribution in [0.3, 0.4) is 0 Å². The Morgan fingerprint density at radius 1 is 1.44 bits per heavy atom. The molecule has 50 valence electrons. The van der Waals surface area contributed by atoms with E-state index in [1.165, 1.54) is 6.92 Å². The van der Waals surface area contributed by atoms with Crippen molar-refractivity contribution in [2.45, 2.75) is 13.3 Å². The summed E-state index contributed by atoms with van der Waals surface area (Å²) < 4.78 is 8.25. The SMILES string of the molecule is CC(=O)CC(=O)O.[O]=[Ti]. The molecule has 0 heterocycles. The molecule has 0 aromatic heterocycles. The first-order chi connectivity index (χ1) is 4.13. The number of carboxylic acid groups (broad SMARTS) is 1. The van der Waals surface area contributed by atoms with Crippen LogP contribution in [0.25, 0.3) is 0 Å². The number of ketones is 1. The maximum atomic E-state index is 9.87. The van der Waals surface area contributed by atoms with E-state index < -0.39 is 5.97 Å². The van der Waals surface area contributed by atoms with Crippen LogP contribution in [0.1, 0.15) is 13.3 Å². The first-order valence-electron chi connectivity index (χ1n) is 2.04. The molecule has 0 amide bonds. The van der Waals surface area contributed by atoms with E-state index in [1.54, 1.807) is 0 Å². The monoisotopic (exact) mass is 166 g/mol. The Morgan fingerprint density at radius 2 is 1.78 bits per heavy atom. The topological polar surface area (TPSA) is 71.4 Å². The second-order valence-corrected chi connectivity index (χ2v) is 1.27. The summed E-state index contributed by atoms with van der Waals surface area (Å²) in [5.74, 6) is -1.37. The molecular formula is C4H6O4Ti. The number of hydrogen-bond donors (Lipinski definition) is 1. The van der Waals surface area contributed by atoms with Gasteiger partial charge in [0.1, 0.15) is 12.2 Å². The van der Waals surface area contributed by atoms with Crippen molar-refractivity contribution >= 4 is 11.8 Å². The van der Waals surface area contributed by atoms with Crippen LogP contribution in [-0.2, 0) is 33.3 Å². The summed E-state index contributed by atoms with van der Waals surface area (Å²) in [6.07, 6.45) is -0.361. The molecule has 0 spiro atoms. The van der Waals surface area contributed by atoms with Crippen molar-refractivity contribution in [1.29, 1.82) is 0 Å². The summed E-state index contributed by atoms with van der Waals surface area (Å²) in [7, 11) is 0. The molecular weight excluding hydrogens is 160 g/mol. The Morgan fingerprint density at radius 3 is 1.78 bits per heavy atom. The third kappa shape index (κ3) is 18.3. The fraction of sp³-hybridized carbons (Fsp3) is 0.500. The molecule has 0 bridgehead atoms. The Labute approximate surface area is 64.0 Å². The number of Topliss-reactive ketones (excluding diaryl/α,β-unsaturated/α-hetero) is 1. The van der Waals surface area contributed by atoms with Gasteiger partial charge in [0.2, 0.25) is 0 Å². The van der Waals surface area contributed by atoms with Gasteiger partial charge in [0.15, 0.2) is 0 Å². The van der Waals surface area contributed by atoms with Crippen molar-refractivity contribution in [2.24, 2.45) is 0 Å². The number of aliphatic carboxylic acids is 1. The van der Waals surface area contributed by atoms with Crippen LogP contribution in [0.4, 0.5) is 0 Å². The molecule has 4 nitrogen and oxygen atoms in total. The normalized spacial score (nSPS) is 6.67. The van der Waals surface area contributed by atoms with Gasteiger partial charge >= 0.3 is 29.7 Å². The van der Waals surface area contributed by atoms with Gasteiger partial charge in [-0.1, -0.05) is 0 Å². The summed E-state index contributed by atoms with van der Waals surface area (Å²) >= 11 is 0.750. The van der Waals surface area contributed by atoms with Gasteiger partial charge < -0.3 is 5.11 Å². The minimum absolute atomic E-state index is 0.312. The zero-order valence-electron chi connectivity index (χ0n) is 4.88. The summed E-state index contributed by atoms with van der Waals surface area (Å²) in [4.78, 5) is 19.5. The zero-order valence-corrected chi connectivity index (χ0v) is 6.44. The molecule has 0 rings (SSSR count). The number of carbonyl (C=O) groups excluding carboxylic acids is 1. The zero-order chi connectivity index (χ0) is 7.86. The van der Waals surface area contributed by atoms with E-state index in [4.69, 9.17) is 8.43 Å². The Bertz CT molecular complexity index is 99.1. The van der Waals surface area contributed by atoms with Crippen LogP contribution in [0.5, 0.6) is 0 Å². The third-order valence-electron chi connectivity index (χ3n) is 0.400. The molecule has 0 aromatic rings. The molecule has 0 aliphatic carbocycles. The van der Waals surface area contributed by atoms with Gasteiger partial charge in [0, 0.05) is 0 Å². The number of carboxylic acids is 1. The second kappa shape index (κ2) is 7.65. The van der Waals surface area contributed by atoms with E-state index in [2.05, 4.69) is 0 Å². The summed E-state index contributed by atoms with van der Waals surface area (Å²) in [6.45, 7) is 1.24. The number of carbonyl (C=O) groups is 2. The van der Waals surface area contributed by atoms with Crippen LogP contribution in [0.2, 0.25) is 0 Å². The van der Waals surface area contributed by atoms with Crippen LogP contribution < -0.4 is 0 Å². The molecule has 5 heteroatoms. The first-order valence-corrected chi connectivity index (χ1v) is 2.68. The van der Waals surface area contributed by atoms with Crippen LogP contribution in [-0.4, -0.2) is 16.9 Å². The van der Waals surface area contributed by atoms with Gasteiger partial charge in [-0.2, -0.15) is 0 Å². The van der Waals surface area contributed by atoms with Crippen LogP contribution >= 0.6 is 0 Å². The van der Waals surface area contributed by atoms with E-state index in [-0.39, 0.29) is 12.2 Å². The Kier molecular flexibility index (Phi) is 9.74. The average Bonchev–Trinajstić information content (AvgIpc) is 1.68. The van der Waals surface area contributed by atoms with Crippen LogP contribution in [0.15, 0.2) is 0 Å². The van der Waals surface area contributed by atoms with Gasteiger partial charge in [-0.05, 0) is 6.92 Å². The second-order valence-electron chi connectivity index (χ2n) is 1.27. The molecule has 0 radical (unpaired) electrons. The molecule has 0 aliphatic heterocycles. The van der Waals surface area contributed by atoms with E-state index in [1.807, 2.05) is 0 Å². The third-order valence-corrected chi connectivity index (χ3v) is 0.400. The first kappa shape index (κ1) is 11.5. The standard InChI is InChI=1S/C4H6O3.O.Ti/c1-3(5)2-4(6)7;;/h2H2,1H3,(H,6,7);;. The Balaban J connectivity index is 0. The van der Waals surface area contributed by atoms with E-state index in [0.717, 1.165) is 20.4 Å². The maximum absolute atomic E-state index is 9.87. The van der Waals surface area contributed by atoms with Crippen molar-refractivity contribution in [3.63, 3.8) is 0 Å². The molecule has 0 aliphatic rings. The van der Waals surface area contributed by atoms with E-state index in [0.29, 0.717) is 0 Å². The van der Waals surface area contributed by atoms with Gasteiger partial charge in [-0.15, -0.1) is 0 Å². The minimum atomic E-state index is -1.06. The van der Waals surface area contributed by atoms with Crippen molar-refractivity contribution in [3.05, 3.63) is 0 Å². The molecule has 0 atom stereocenters. The van der Waals surface area contributed by atoms with Gasteiger partial charge in [-0.25, -0.2) is 0 Å². The molecule has 0 saturated carbocycles. The molecule has 0 fully saturated rings. The number of rotatable bonds is 2. The summed E-state index contributed by atoms with van der Waals surface area (Å²) in [5.41, 5.74) is 0. The predicted molar refractivity (Wildman–Crippen MR) is 23.6 cm³/mol. The van der Waals surface area contributed by atoms with Crippen molar-refractivity contribution in [1.82, 2.24) is 0 Å². The molecule has 0 aromatic carbocycles. The summed E-state index contributed by atoms with van der Waals surface area (Å²) in [6, 6.07) is 0.